The quantitative estimate of drug-likeness (QED) is 0.0486. The summed E-state index contributed by atoms with van der Waals surface area (Å²) in [6.07, 6.45) is 1.08. The van der Waals surface area contributed by atoms with E-state index in [4.69, 9.17) is 37.9 Å². The number of phenolic OH excluding ortho intramolecular Hbond substituents is 2. The van der Waals surface area contributed by atoms with Gasteiger partial charge >= 0.3 is 0 Å². The molecule has 5 aromatic rings. The lowest BCUT2D eigenvalue weighted by atomic mass is 9.68. The van der Waals surface area contributed by atoms with Crippen LogP contribution < -0.4 is 14.2 Å². The number of phenols is 2. The molecule has 2 unspecified atom stereocenters. The molecule has 5 rings (SSSR count). The average molecular weight is 851 g/mol. The van der Waals surface area contributed by atoms with Crippen LogP contribution in [-0.4, -0.2) is 66.1 Å². The Kier molecular flexibility index (Phi) is 16.9. The lowest BCUT2D eigenvalue weighted by Crippen LogP contribution is -2.27. The van der Waals surface area contributed by atoms with Crippen molar-refractivity contribution in [1.29, 1.82) is 0 Å². The molecule has 0 bridgehead atoms. The fourth-order valence-corrected chi connectivity index (χ4v) is 8.10. The highest BCUT2D eigenvalue weighted by Gasteiger charge is 2.35. The molecule has 0 saturated heterocycles. The summed E-state index contributed by atoms with van der Waals surface area (Å²) in [6, 6.07) is 29.1. The molecule has 0 aliphatic heterocycles. The van der Waals surface area contributed by atoms with Crippen LogP contribution in [0, 0.1) is 0 Å². The summed E-state index contributed by atoms with van der Waals surface area (Å²) in [4.78, 5) is 0. The third-order valence-corrected chi connectivity index (χ3v) is 12.1. The lowest BCUT2D eigenvalue weighted by Gasteiger charge is -2.35. The number of aromatic hydroxyl groups is 2. The molecule has 0 radical (unpaired) electrons. The van der Waals surface area contributed by atoms with E-state index in [-0.39, 0.29) is 31.3 Å². The van der Waals surface area contributed by atoms with Crippen LogP contribution in [0.5, 0.6) is 28.7 Å². The van der Waals surface area contributed by atoms with E-state index in [0.717, 1.165) is 51.1 Å². The summed E-state index contributed by atoms with van der Waals surface area (Å²) in [7, 11) is 9.74. The van der Waals surface area contributed by atoms with Crippen LogP contribution in [0.3, 0.4) is 0 Å². The van der Waals surface area contributed by atoms with Crippen molar-refractivity contribution >= 4 is 0 Å². The Labute approximate surface area is 368 Å². The summed E-state index contributed by atoms with van der Waals surface area (Å²) < 4.78 is 46.4. The molecule has 334 valence electrons. The molecule has 10 nitrogen and oxygen atoms in total. The lowest BCUT2D eigenvalue weighted by molar-refractivity contribution is 0.163. The van der Waals surface area contributed by atoms with Gasteiger partial charge in [-0.2, -0.15) is 0 Å². The third kappa shape index (κ3) is 10.6. The number of benzene rings is 5. The first-order chi connectivity index (χ1) is 29.8. The first-order valence-electron chi connectivity index (χ1n) is 21.1. The maximum absolute atomic E-state index is 11.4. The van der Waals surface area contributed by atoms with Gasteiger partial charge in [0.15, 0.2) is 11.5 Å². The van der Waals surface area contributed by atoms with E-state index in [1.807, 2.05) is 36.4 Å². The second kappa shape index (κ2) is 21.8. The zero-order valence-corrected chi connectivity index (χ0v) is 38.5. The van der Waals surface area contributed by atoms with Gasteiger partial charge in [0.05, 0.1) is 40.1 Å². The van der Waals surface area contributed by atoms with Gasteiger partial charge in [-0.3, -0.25) is 0 Å². The van der Waals surface area contributed by atoms with Crippen molar-refractivity contribution in [2.75, 3.05) is 55.9 Å². The zero-order valence-electron chi connectivity index (χ0n) is 38.5. The fraction of sp³-hybridized carbons (Fsp3) is 0.423. The van der Waals surface area contributed by atoms with Crippen molar-refractivity contribution in [2.24, 2.45) is 0 Å². The van der Waals surface area contributed by atoms with Crippen LogP contribution in [0.2, 0.25) is 0 Å². The average Bonchev–Trinajstić information content (AvgIpc) is 3.27. The van der Waals surface area contributed by atoms with Crippen LogP contribution in [0.1, 0.15) is 108 Å². The van der Waals surface area contributed by atoms with Gasteiger partial charge in [0, 0.05) is 74.2 Å². The smallest absolute Gasteiger partial charge is 0.163 e. The molecule has 5 aromatic carbocycles. The Balaban J connectivity index is 1.62. The summed E-state index contributed by atoms with van der Waals surface area (Å²) in [5.41, 5.74) is 8.63. The number of hydrogen-bond donors (Lipinski definition) is 2. The molecule has 2 atom stereocenters. The monoisotopic (exact) mass is 850 g/mol. The van der Waals surface area contributed by atoms with Gasteiger partial charge in [0.1, 0.15) is 30.5 Å². The van der Waals surface area contributed by atoms with Gasteiger partial charge in [0.2, 0.25) is 0 Å². The number of rotatable bonds is 23. The summed E-state index contributed by atoms with van der Waals surface area (Å²) in [5, 5.41) is 22.2. The zero-order chi connectivity index (χ0) is 45.0. The van der Waals surface area contributed by atoms with E-state index in [2.05, 4.69) is 83.1 Å². The summed E-state index contributed by atoms with van der Waals surface area (Å²) in [5.74, 6) is 2.59. The molecule has 0 amide bonds. The predicted octanol–water partition coefficient (Wildman–Crippen LogP) is 10.5. The minimum absolute atomic E-state index is 0.0720. The predicted molar refractivity (Wildman–Crippen MR) is 243 cm³/mol. The molecular formula is C52H66O10. The van der Waals surface area contributed by atoms with Gasteiger partial charge in [0.25, 0.3) is 0 Å². The van der Waals surface area contributed by atoms with Gasteiger partial charge in [-0.15, -0.1) is 0 Å². The highest BCUT2D eigenvalue weighted by molar-refractivity contribution is 5.59. The van der Waals surface area contributed by atoms with Crippen LogP contribution >= 0.6 is 0 Å². The van der Waals surface area contributed by atoms with E-state index in [1.165, 1.54) is 5.56 Å². The van der Waals surface area contributed by atoms with E-state index in [1.54, 1.807) is 42.7 Å². The maximum Gasteiger partial charge on any atom is 0.163 e. The minimum atomic E-state index is -0.789. The van der Waals surface area contributed by atoms with Crippen LogP contribution in [0.15, 0.2) is 84.9 Å². The Morgan fingerprint density at radius 1 is 0.500 bits per heavy atom. The highest BCUT2D eigenvalue weighted by atomic mass is 16.5. The molecule has 62 heavy (non-hydrogen) atoms. The van der Waals surface area contributed by atoms with Gasteiger partial charge in [-0.05, 0) is 101 Å². The molecule has 0 spiro atoms. The van der Waals surface area contributed by atoms with Crippen LogP contribution in [0.4, 0.5) is 0 Å². The maximum atomic E-state index is 11.4. The van der Waals surface area contributed by atoms with Crippen molar-refractivity contribution in [2.45, 2.75) is 90.8 Å². The van der Waals surface area contributed by atoms with Gasteiger partial charge in [-0.25, -0.2) is 0 Å². The molecular weight excluding hydrogens is 785 g/mol. The molecule has 10 heteroatoms. The standard InChI is InChI=1S/C52H66O10/c1-12-34(2)35-13-19-46(20-14-35)61-21-22-62-50-39(32-58-9)26-45(27-40(50)33-59-10)52(5,44-24-36(29-55-6)48(53)37(25-44)30-56-7)42-17-15-41(16-18-42)51(3,4)43-23-38(31-57-8)49(54)47(28-43)60-11/h13-20,23-28,34,53-54H,12,21-22,29-33H2,1-11H3. The molecule has 0 aliphatic rings. The highest BCUT2D eigenvalue weighted by Crippen LogP contribution is 2.46. The minimum Gasteiger partial charge on any atom is -0.507 e. The van der Waals surface area contributed by atoms with Crippen LogP contribution in [0.25, 0.3) is 0 Å². The van der Waals surface area contributed by atoms with Crippen molar-refractivity contribution in [3.8, 4) is 28.7 Å². The Morgan fingerprint density at radius 2 is 0.935 bits per heavy atom. The van der Waals surface area contributed by atoms with E-state index in [9.17, 15) is 10.2 Å². The summed E-state index contributed by atoms with van der Waals surface area (Å²) >= 11 is 0. The van der Waals surface area contributed by atoms with Gasteiger partial charge in [-0.1, -0.05) is 64.1 Å². The number of hydrogen-bond acceptors (Lipinski definition) is 10. The Morgan fingerprint density at radius 3 is 1.42 bits per heavy atom. The normalized spacial score (nSPS) is 13.1. The Hall–Kier alpha value is -5.10. The SMILES string of the molecule is CCC(C)c1ccc(OCCOc2c(COC)cc(C(C)(c3ccc(C(C)(C)c4cc(COC)c(O)c(OC)c4)cc3)c3cc(COC)c(O)c(COC)c3)cc2COC)cc1. The van der Waals surface area contributed by atoms with Crippen LogP contribution in [-0.2, 0) is 67.5 Å². The van der Waals surface area contributed by atoms with E-state index in [0.29, 0.717) is 60.5 Å². The molecule has 0 saturated carbocycles. The first kappa shape index (κ1) is 47.9. The molecule has 2 N–H and O–H groups in total. The molecule has 0 fully saturated rings. The number of ether oxygens (including phenoxy) is 8. The topological polar surface area (TPSA) is 114 Å². The second-order valence-electron chi connectivity index (χ2n) is 16.5. The second-order valence-corrected chi connectivity index (χ2v) is 16.5. The third-order valence-electron chi connectivity index (χ3n) is 12.1. The van der Waals surface area contributed by atoms with Crippen molar-refractivity contribution in [3.05, 3.63) is 146 Å². The fourth-order valence-electron chi connectivity index (χ4n) is 8.10. The largest absolute Gasteiger partial charge is 0.507 e. The van der Waals surface area contributed by atoms with E-state index < -0.39 is 10.8 Å². The van der Waals surface area contributed by atoms with E-state index >= 15 is 0 Å². The molecule has 0 aliphatic carbocycles. The summed E-state index contributed by atoms with van der Waals surface area (Å²) in [6.45, 7) is 12.8. The van der Waals surface area contributed by atoms with Crippen molar-refractivity contribution < 1.29 is 48.1 Å². The molecule has 0 aromatic heterocycles. The van der Waals surface area contributed by atoms with Gasteiger partial charge < -0.3 is 48.1 Å². The van der Waals surface area contributed by atoms with Crippen molar-refractivity contribution in [3.63, 3.8) is 0 Å². The molecule has 0 heterocycles. The first-order valence-corrected chi connectivity index (χ1v) is 21.1. The number of methoxy groups -OCH3 is 6. The van der Waals surface area contributed by atoms with Crippen molar-refractivity contribution in [1.82, 2.24) is 0 Å². The Bertz CT molecular complexity index is 2160.